The van der Waals surface area contributed by atoms with Crippen LogP contribution in [0.5, 0.6) is 0 Å². The lowest BCUT2D eigenvalue weighted by Gasteiger charge is -2.32. The van der Waals surface area contributed by atoms with Crippen LogP contribution in [-0.2, 0) is 16.2 Å². The topological polar surface area (TPSA) is 9.23 Å². The van der Waals surface area contributed by atoms with Crippen molar-refractivity contribution in [1.29, 1.82) is 0 Å². The van der Waals surface area contributed by atoms with Gasteiger partial charge in [0.25, 0.3) is 0 Å². The third-order valence-corrected chi connectivity index (χ3v) is 3.23. The first-order valence-corrected chi connectivity index (χ1v) is 4.96. The van der Waals surface area contributed by atoms with E-state index in [4.69, 9.17) is 16.3 Å². The molecule has 1 aliphatic carbocycles. The van der Waals surface area contributed by atoms with Gasteiger partial charge in [-0.2, -0.15) is 0 Å². The zero-order chi connectivity index (χ0) is 9.31. The minimum atomic E-state index is -0.575. The van der Waals surface area contributed by atoms with E-state index in [2.05, 4.69) is 18.2 Å². The molecule has 0 N–H and O–H groups in total. The molecule has 0 saturated heterocycles. The fourth-order valence-corrected chi connectivity index (χ4v) is 2.27. The fourth-order valence-electron chi connectivity index (χ4n) is 1.96. The van der Waals surface area contributed by atoms with Crippen LogP contribution in [0.1, 0.15) is 24.0 Å². The Morgan fingerprint density at radius 1 is 1.38 bits per heavy atom. The molecule has 1 atom stereocenters. The Balaban J connectivity index is 2.48. The van der Waals surface area contributed by atoms with Crippen molar-refractivity contribution in [2.24, 2.45) is 0 Å². The summed E-state index contributed by atoms with van der Waals surface area (Å²) in [5, 5.41) is -0.575. The fraction of sp³-hybridized carbons (Fsp3) is 0.455. The van der Waals surface area contributed by atoms with Gasteiger partial charge >= 0.3 is 0 Å². The molecule has 2 rings (SSSR count). The number of hydrogen-bond acceptors (Lipinski definition) is 1. The van der Waals surface area contributed by atoms with Crippen molar-refractivity contribution in [2.75, 3.05) is 7.11 Å². The van der Waals surface area contributed by atoms with Gasteiger partial charge in [-0.3, -0.25) is 0 Å². The van der Waals surface area contributed by atoms with E-state index in [0.717, 1.165) is 24.8 Å². The molecule has 0 aliphatic heterocycles. The van der Waals surface area contributed by atoms with Crippen molar-refractivity contribution in [2.45, 2.75) is 24.3 Å². The average molecular weight is 197 g/mol. The highest BCUT2D eigenvalue weighted by Gasteiger charge is 2.33. The second-order valence-corrected chi connectivity index (χ2v) is 4.05. The Kier molecular flexibility index (Phi) is 2.31. The summed E-state index contributed by atoms with van der Waals surface area (Å²) in [5.41, 5.74) is 2.47. The zero-order valence-corrected chi connectivity index (χ0v) is 8.47. The number of alkyl halides is 1. The highest BCUT2D eigenvalue weighted by molar-refractivity contribution is 6.23. The molecule has 70 valence electrons. The van der Waals surface area contributed by atoms with Crippen LogP contribution in [0.2, 0.25) is 0 Å². The van der Waals surface area contributed by atoms with Gasteiger partial charge in [-0.15, -0.1) is 0 Å². The van der Waals surface area contributed by atoms with Crippen molar-refractivity contribution in [3.05, 3.63) is 35.4 Å². The number of fused-ring (bicyclic) bond motifs is 1. The number of ether oxygens (including phenoxy) is 1. The molecule has 0 spiro atoms. The summed E-state index contributed by atoms with van der Waals surface area (Å²) in [6.45, 7) is 0. The molecular weight excluding hydrogens is 184 g/mol. The Morgan fingerprint density at radius 2 is 2.15 bits per heavy atom. The van der Waals surface area contributed by atoms with Crippen LogP contribution < -0.4 is 0 Å². The SMILES string of the molecule is COC1(Cl)CCCc2ccccc21. The first-order chi connectivity index (χ1) is 6.26. The van der Waals surface area contributed by atoms with E-state index in [1.165, 1.54) is 5.56 Å². The van der Waals surface area contributed by atoms with E-state index in [9.17, 15) is 0 Å². The normalized spacial score (nSPS) is 26.9. The number of rotatable bonds is 1. The molecule has 1 aromatic carbocycles. The van der Waals surface area contributed by atoms with Gasteiger partial charge in [0, 0.05) is 12.7 Å². The number of methoxy groups -OCH3 is 1. The lowest BCUT2D eigenvalue weighted by molar-refractivity contribution is 0.0466. The molecule has 0 radical (unpaired) electrons. The molecular formula is C11H13ClO. The lowest BCUT2D eigenvalue weighted by atomic mass is 9.89. The second kappa shape index (κ2) is 3.32. The lowest BCUT2D eigenvalue weighted by Crippen LogP contribution is -2.26. The van der Waals surface area contributed by atoms with Crippen LogP contribution in [0, 0.1) is 0 Å². The molecule has 1 nitrogen and oxygen atoms in total. The van der Waals surface area contributed by atoms with Gasteiger partial charge in [-0.25, -0.2) is 0 Å². The predicted molar refractivity (Wildman–Crippen MR) is 53.9 cm³/mol. The van der Waals surface area contributed by atoms with Gasteiger partial charge in [0.15, 0.2) is 5.06 Å². The van der Waals surface area contributed by atoms with Crippen LogP contribution in [0.4, 0.5) is 0 Å². The maximum absolute atomic E-state index is 6.37. The quantitative estimate of drug-likeness (QED) is 0.628. The summed E-state index contributed by atoms with van der Waals surface area (Å²) in [7, 11) is 1.68. The Hall–Kier alpha value is -0.530. The predicted octanol–water partition coefficient (Wildman–Crippen LogP) is 3.06. The average Bonchev–Trinajstić information content (AvgIpc) is 2.19. The van der Waals surface area contributed by atoms with E-state index in [1.807, 2.05) is 6.07 Å². The molecule has 0 heterocycles. The summed E-state index contributed by atoms with van der Waals surface area (Å²) in [6, 6.07) is 8.26. The standard InChI is InChI=1S/C11H13ClO/c1-13-11(12)8-4-6-9-5-2-3-7-10(9)11/h2-3,5,7H,4,6,8H2,1H3. The summed E-state index contributed by atoms with van der Waals surface area (Å²) < 4.78 is 5.37. The number of benzene rings is 1. The van der Waals surface area contributed by atoms with Crippen molar-refractivity contribution in [3.8, 4) is 0 Å². The monoisotopic (exact) mass is 196 g/mol. The first-order valence-electron chi connectivity index (χ1n) is 4.59. The number of aryl methyl sites for hydroxylation is 1. The highest BCUT2D eigenvalue weighted by Crippen LogP contribution is 2.40. The van der Waals surface area contributed by atoms with Gasteiger partial charge in [-0.1, -0.05) is 35.9 Å². The first kappa shape index (κ1) is 9.04. The van der Waals surface area contributed by atoms with Gasteiger partial charge in [0.1, 0.15) is 0 Å². The largest absolute Gasteiger partial charge is 0.359 e. The molecule has 1 unspecified atom stereocenters. The minimum Gasteiger partial charge on any atom is -0.359 e. The third kappa shape index (κ3) is 1.47. The Labute approximate surface area is 83.7 Å². The van der Waals surface area contributed by atoms with Crippen LogP contribution in [0.15, 0.2) is 24.3 Å². The second-order valence-electron chi connectivity index (χ2n) is 3.44. The number of hydrogen-bond donors (Lipinski definition) is 0. The van der Waals surface area contributed by atoms with E-state index in [1.54, 1.807) is 7.11 Å². The molecule has 0 bridgehead atoms. The number of halogens is 1. The van der Waals surface area contributed by atoms with Gasteiger partial charge < -0.3 is 4.74 Å². The van der Waals surface area contributed by atoms with Crippen LogP contribution in [0.3, 0.4) is 0 Å². The maximum atomic E-state index is 6.37. The van der Waals surface area contributed by atoms with Crippen LogP contribution in [0.25, 0.3) is 0 Å². The molecule has 1 aromatic rings. The Bertz CT molecular complexity index is 311. The van der Waals surface area contributed by atoms with Crippen molar-refractivity contribution in [1.82, 2.24) is 0 Å². The maximum Gasteiger partial charge on any atom is 0.167 e. The van der Waals surface area contributed by atoms with Crippen LogP contribution >= 0.6 is 11.6 Å². The van der Waals surface area contributed by atoms with Gasteiger partial charge in [0.2, 0.25) is 0 Å². The molecule has 0 fully saturated rings. The molecule has 2 heteroatoms. The van der Waals surface area contributed by atoms with Crippen LogP contribution in [-0.4, -0.2) is 7.11 Å². The molecule has 13 heavy (non-hydrogen) atoms. The molecule has 1 aliphatic rings. The summed E-state index contributed by atoms with van der Waals surface area (Å²) in [4.78, 5) is 0. The molecule has 0 amide bonds. The minimum absolute atomic E-state index is 0.575. The summed E-state index contributed by atoms with van der Waals surface area (Å²) in [5.74, 6) is 0. The Morgan fingerprint density at radius 3 is 2.92 bits per heavy atom. The van der Waals surface area contributed by atoms with E-state index < -0.39 is 5.06 Å². The smallest absolute Gasteiger partial charge is 0.167 e. The van der Waals surface area contributed by atoms with E-state index in [-0.39, 0.29) is 0 Å². The van der Waals surface area contributed by atoms with Gasteiger partial charge in [0.05, 0.1) is 0 Å². The van der Waals surface area contributed by atoms with Gasteiger partial charge in [-0.05, 0) is 24.8 Å². The van der Waals surface area contributed by atoms with E-state index in [0.29, 0.717) is 0 Å². The zero-order valence-electron chi connectivity index (χ0n) is 7.72. The van der Waals surface area contributed by atoms with Crippen molar-refractivity contribution in [3.63, 3.8) is 0 Å². The molecule has 0 saturated carbocycles. The summed E-state index contributed by atoms with van der Waals surface area (Å²) in [6.07, 6.45) is 3.13. The van der Waals surface area contributed by atoms with Crippen molar-refractivity contribution < 1.29 is 4.74 Å². The third-order valence-electron chi connectivity index (χ3n) is 2.69. The molecule has 0 aromatic heterocycles. The van der Waals surface area contributed by atoms with Crippen molar-refractivity contribution >= 4 is 11.6 Å². The highest BCUT2D eigenvalue weighted by atomic mass is 35.5. The van der Waals surface area contributed by atoms with E-state index >= 15 is 0 Å². The summed E-state index contributed by atoms with van der Waals surface area (Å²) >= 11 is 6.37.